The van der Waals surface area contributed by atoms with Crippen LogP contribution >= 0.6 is 24.0 Å². The van der Waals surface area contributed by atoms with Crippen molar-refractivity contribution in [2.45, 2.75) is 33.3 Å². The maximum atomic E-state index is 11.7. The number of methoxy groups -OCH3 is 1. The SMILES string of the molecule is CCNC(=NCCNC(=O)OC(C)(C)C)N1CCN(c2cccc(OC)c2)CC1.I. The number of ether oxygens (including phenoxy) is 2. The number of piperazine rings is 1. The number of amides is 1. The molecule has 8 nitrogen and oxygen atoms in total. The summed E-state index contributed by atoms with van der Waals surface area (Å²) in [6, 6.07) is 8.15. The number of guanidine groups is 1. The van der Waals surface area contributed by atoms with Gasteiger partial charge >= 0.3 is 6.09 Å². The van der Waals surface area contributed by atoms with E-state index in [9.17, 15) is 4.79 Å². The Morgan fingerprint density at radius 1 is 1.17 bits per heavy atom. The quantitative estimate of drug-likeness (QED) is 0.254. The van der Waals surface area contributed by atoms with Gasteiger partial charge in [-0.25, -0.2) is 4.79 Å². The summed E-state index contributed by atoms with van der Waals surface area (Å²) in [5.74, 6) is 1.75. The van der Waals surface area contributed by atoms with Gasteiger partial charge in [0, 0.05) is 51.0 Å². The van der Waals surface area contributed by atoms with Gasteiger partial charge in [-0.05, 0) is 39.8 Å². The lowest BCUT2D eigenvalue weighted by Crippen LogP contribution is -2.52. The summed E-state index contributed by atoms with van der Waals surface area (Å²) in [5, 5.41) is 6.09. The molecular weight excluding hydrogens is 497 g/mol. The average molecular weight is 533 g/mol. The lowest BCUT2D eigenvalue weighted by atomic mass is 10.2. The summed E-state index contributed by atoms with van der Waals surface area (Å²) in [6.45, 7) is 12.9. The molecule has 1 heterocycles. The number of nitrogens with one attached hydrogen (secondary N) is 2. The van der Waals surface area contributed by atoms with E-state index in [2.05, 4.69) is 44.5 Å². The molecule has 1 aromatic rings. The highest BCUT2D eigenvalue weighted by molar-refractivity contribution is 14.0. The maximum absolute atomic E-state index is 11.7. The van der Waals surface area contributed by atoms with Crippen molar-refractivity contribution < 1.29 is 14.3 Å². The van der Waals surface area contributed by atoms with Crippen molar-refractivity contribution in [2.24, 2.45) is 4.99 Å². The number of halogens is 1. The van der Waals surface area contributed by atoms with Crippen molar-refractivity contribution in [1.82, 2.24) is 15.5 Å². The highest BCUT2D eigenvalue weighted by atomic mass is 127. The Kier molecular flexibility index (Phi) is 11.1. The topological polar surface area (TPSA) is 78.4 Å². The Morgan fingerprint density at radius 2 is 1.87 bits per heavy atom. The summed E-state index contributed by atoms with van der Waals surface area (Å²) < 4.78 is 10.6. The third-order valence-electron chi connectivity index (χ3n) is 4.37. The van der Waals surface area contributed by atoms with Gasteiger partial charge in [0.05, 0.1) is 13.7 Å². The molecule has 2 rings (SSSR count). The molecule has 9 heteroatoms. The van der Waals surface area contributed by atoms with Gasteiger partial charge in [0.1, 0.15) is 11.4 Å². The number of carbonyl (C=O) groups excluding carboxylic acids is 1. The minimum absolute atomic E-state index is 0. The predicted molar refractivity (Wildman–Crippen MR) is 132 cm³/mol. The minimum atomic E-state index is -0.495. The highest BCUT2D eigenvalue weighted by Crippen LogP contribution is 2.22. The molecule has 1 aliphatic rings. The number of carbonyl (C=O) groups is 1. The fourth-order valence-corrected chi connectivity index (χ4v) is 3.04. The van der Waals surface area contributed by atoms with Crippen molar-refractivity contribution in [3.63, 3.8) is 0 Å². The molecule has 1 fully saturated rings. The molecule has 0 saturated carbocycles. The first-order valence-corrected chi connectivity index (χ1v) is 10.2. The molecule has 0 bridgehead atoms. The molecule has 0 aromatic heterocycles. The lowest BCUT2D eigenvalue weighted by molar-refractivity contribution is 0.0529. The second kappa shape index (κ2) is 12.7. The van der Waals surface area contributed by atoms with Gasteiger partial charge in [-0.15, -0.1) is 24.0 Å². The molecule has 1 aromatic carbocycles. The van der Waals surface area contributed by atoms with Gasteiger partial charge in [0.2, 0.25) is 0 Å². The number of aliphatic imine (C=N–C) groups is 1. The molecule has 2 N–H and O–H groups in total. The molecule has 30 heavy (non-hydrogen) atoms. The van der Waals surface area contributed by atoms with Crippen LogP contribution in [0.2, 0.25) is 0 Å². The van der Waals surface area contributed by atoms with Crippen LogP contribution in [0.3, 0.4) is 0 Å². The first kappa shape index (κ1) is 26.1. The van der Waals surface area contributed by atoms with Crippen LogP contribution in [0, 0.1) is 0 Å². The third-order valence-corrected chi connectivity index (χ3v) is 4.37. The van der Waals surface area contributed by atoms with E-state index in [1.807, 2.05) is 32.9 Å². The molecule has 1 saturated heterocycles. The zero-order chi connectivity index (χ0) is 21.3. The molecule has 0 unspecified atom stereocenters. The van der Waals surface area contributed by atoms with Crippen LogP contribution in [0.1, 0.15) is 27.7 Å². The Labute approximate surface area is 197 Å². The smallest absolute Gasteiger partial charge is 0.407 e. The van der Waals surface area contributed by atoms with E-state index in [-0.39, 0.29) is 24.0 Å². The molecular formula is C21H36IN5O3. The zero-order valence-electron chi connectivity index (χ0n) is 18.7. The van der Waals surface area contributed by atoms with Gasteiger partial charge in [0.15, 0.2) is 5.96 Å². The van der Waals surface area contributed by atoms with Gasteiger partial charge in [0.25, 0.3) is 0 Å². The molecule has 0 spiro atoms. The number of alkyl carbamates (subject to hydrolysis) is 1. The first-order valence-electron chi connectivity index (χ1n) is 10.2. The Bertz CT molecular complexity index is 685. The fraction of sp³-hybridized carbons (Fsp3) is 0.619. The predicted octanol–water partition coefficient (Wildman–Crippen LogP) is 2.93. The van der Waals surface area contributed by atoms with Gasteiger partial charge in [-0.1, -0.05) is 6.07 Å². The molecule has 0 aliphatic carbocycles. The highest BCUT2D eigenvalue weighted by Gasteiger charge is 2.20. The number of nitrogens with zero attached hydrogens (tertiary/aromatic N) is 3. The van der Waals surface area contributed by atoms with E-state index in [0.29, 0.717) is 13.1 Å². The summed E-state index contributed by atoms with van der Waals surface area (Å²) in [4.78, 5) is 21.0. The van der Waals surface area contributed by atoms with E-state index >= 15 is 0 Å². The van der Waals surface area contributed by atoms with Crippen molar-refractivity contribution in [1.29, 1.82) is 0 Å². The summed E-state index contributed by atoms with van der Waals surface area (Å²) >= 11 is 0. The minimum Gasteiger partial charge on any atom is -0.497 e. The van der Waals surface area contributed by atoms with Crippen LogP contribution in [0.4, 0.5) is 10.5 Å². The van der Waals surface area contributed by atoms with Crippen molar-refractivity contribution in [2.75, 3.05) is 57.8 Å². The van der Waals surface area contributed by atoms with Gasteiger partial charge in [-0.2, -0.15) is 0 Å². The van der Waals surface area contributed by atoms with Crippen LogP contribution in [0.25, 0.3) is 0 Å². The number of benzene rings is 1. The number of rotatable bonds is 6. The van der Waals surface area contributed by atoms with E-state index in [4.69, 9.17) is 9.47 Å². The van der Waals surface area contributed by atoms with Crippen molar-refractivity contribution in [3.05, 3.63) is 24.3 Å². The van der Waals surface area contributed by atoms with Crippen molar-refractivity contribution in [3.8, 4) is 5.75 Å². The monoisotopic (exact) mass is 533 g/mol. The molecule has 170 valence electrons. The van der Waals surface area contributed by atoms with Crippen LogP contribution in [-0.2, 0) is 4.74 Å². The number of anilines is 1. The summed E-state index contributed by atoms with van der Waals surface area (Å²) in [5.41, 5.74) is 0.678. The largest absolute Gasteiger partial charge is 0.497 e. The molecule has 1 aliphatic heterocycles. The van der Waals surface area contributed by atoms with Crippen LogP contribution in [0.5, 0.6) is 5.75 Å². The second-order valence-corrected chi connectivity index (χ2v) is 7.84. The van der Waals surface area contributed by atoms with E-state index in [1.165, 1.54) is 5.69 Å². The number of hydrogen-bond acceptors (Lipinski definition) is 5. The average Bonchev–Trinajstić information content (AvgIpc) is 2.69. The summed E-state index contributed by atoms with van der Waals surface area (Å²) in [7, 11) is 1.69. The maximum Gasteiger partial charge on any atom is 0.407 e. The van der Waals surface area contributed by atoms with E-state index < -0.39 is 11.7 Å². The van der Waals surface area contributed by atoms with E-state index in [0.717, 1.165) is 44.4 Å². The normalized spacial score (nSPS) is 14.6. The lowest BCUT2D eigenvalue weighted by Gasteiger charge is -2.37. The third kappa shape index (κ3) is 8.85. The standard InChI is InChI=1S/C21H35N5O3.HI/c1-6-22-19(23-10-11-24-20(27)29-21(2,3)4)26-14-12-25(13-15-26)17-8-7-9-18(16-17)28-5;/h7-9,16H,6,10-15H2,1-5H3,(H,22,23)(H,24,27);1H. The Balaban J connectivity index is 0.00000450. The molecule has 0 atom stereocenters. The Morgan fingerprint density at radius 3 is 2.47 bits per heavy atom. The van der Waals surface area contributed by atoms with Crippen molar-refractivity contribution >= 4 is 41.7 Å². The number of hydrogen-bond donors (Lipinski definition) is 2. The van der Waals surface area contributed by atoms with Gasteiger partial charge in [-0.3, -0.25) is 4.99 Å². The molecule has 1 amide bonds. The fourth-order valence-electron chi connectivity index (χ4n) is 3.04. The summed E-state index contributed by atoms with van der Waals surface area (Å²) in [6.07, 6.45) is -0.412. The van der Waals surface area contributed by atoms with E-state index in [1.54, 1.807) is 7.11 Å². The molecule has 0 radical (unpaired) electrons. The second-order valence-electron chi connectivity index (χ2n) is 7.84. The van der Waals surface area contributed by atoms with Crippen LogP contribution < -0.4 is 20.3 Å². The van der Waals surface area contributed by atoms with Crippen LogP contribution in [0.15, 0.2) is 29.3 Å². The first-order chi connectivity index (χ1) is 13.8. The zero-order valence-corrected chi connectivity index (χ0v) is 21.1. The Hall–Kier alpha value is -1.91. The van der Waals surface area contributed by atoms with Gasteiger partial charge < -0.3 is 29.9 Å². The van der Waals surface area contributed by atoms with Crippen LogP contribution in [-0.4, -0.2) is 75.5 Å².